The number of hydrogen-bond acceptors (Lipinski definition) is 10. The Morgan fingerprint density at radius 3 is 2.49 bits per heavy atom. The van der Waals surface area contributed by atoms with Gasteiger partial charge in [-0.1, -0.05) is 41.3 Å². The quantitative estimate of drug-likeness (QED) is 0.0826. The highest BCUT2D eigenvalue weighted by Crippen LogP contribution is 2.45. The molecule has 0 aliphatic carbocycles. The molecule has 41 heavy (non-hydrogen) atoms. The van der Waals surface area contributed by atoms with Crippen molar-refractivity contribution in [1.82, 2.24) is 10.2 Å². The first kappa shape index (κ1) is 28.1. The third-order valence-electron chi connectivity index (χ3n) is 6.28. The number of rotatable bonds is 9. The molecule has 1 aliphatic heterocycles. The van der Waals surface area contributed by atoms with Crippen molar-refractivity contribution in [3.63, 3.8) is 0 Å². The number of carbonyl (C=O) groups excluding carboxylic acids is 2. The van der Waals surface area contributed by atoms with Gasteiger partial charge in [0, 0.05) is 11.3 Å². The van der Waals surface area contributed by atoms with E-state index in [0.717, 1.165) is 16.9 Å². The lowest BCUT2D eigenvalue weighted by molar-refractivity contribution is -0.132. The van der Waals surface area contributed by atoms with Crippen LogP contribution in [0.3, 0.4) is 0 Å². The number of Topliss-reactive ketones (excluding diaryl/α,β-unsaturated/α-hetero) is 1. The van der Waals surface area contributed by atoms with Gasteiger partial charge in [0.25, 0.3) is 5.78 Å². The monoisotopic (exact) mass is 593 g/mol. The molecule has 1 aliphatic rings. The molecule has 1 saturated heterocycles. The Hall–Kier alpha value is -4.42. The maximum atomic E-state index is 13.5. The minimum absolute atomic E-state index is 0.113. The molecule has 1 aromatic heterocycles. The van der Waals surface area contributed by atoms with Crippen LogP contribution in [0.15, 0.2) is 76.6 Å². The highest BCUT2D eigenvalue weighted by atomic mass is 32.2. The Kier molecular flexibility index (Phi) is 8.22. The van der Waals surface area contributed by atoms with Crippen LogP contribution >= 0.6 is 23.1 Å². The van der Waals surface area contributed by atoms with Crippen molar-refractivity contribution in [3.8, 4) is 17.2 Å². The van der Waals surface area contributed by atoms with Crippen LogP contribution in [-0.4, -0.2) is 45.8 Å². The van der Waals surface area contributed by atoms with Crippen LogP contribution in [-0.2, 0) is 15.3 Å². The smallest absolute Gasteiger partial charge is 0.301 e. The highest BCUT2D eigenvalue weighted by molar-refractivity contribution is 8.00. The topological polar surface area (TPSA) is 122 Å². The van der Waals surface area contributed by atoms with Crippen molar-refractivity contribution < 1.29 is 33.7 Å². The van der Waals surface area contributed by atoms with E-state index in [9.17, 15) is 24.2 Å². The summed E-state index contributed by atoms with van der Waals surface area (Å²) >= 11 is 2.46. The molecule has 5 rings (SSSR count). The van der Waals surface area contributed by atoms with E-state index < -0.39 is 17.7 Å². The van der Waals surface area contributed by atoms with Gasteiger partial charge in [-0.3, -0.25) is 14.5 Å². The Balaban J connectivity index is 1.56. The first-order chi connectivity index (χ1) is 19.8. The standard InChI is InChI=1S/C29H24FN3O6S2/c1-3-39-22-14-18(8-13-21(22)34)24-23(25(35)17-6-11-20(38-2)12-7-17)26(36)27(37)33(24)28-31-32-29(41-28)40-15-16-4-9-19(30)10-5-16/h4-14,24,34-35H,3,15H2,1-2H3/b25-23-. The predicted molar refractivity (Wildman–Crippen MR) is 153 cm³/mol. The van der Waals surface area contributed by atoms with E-state index >= 15 is 0 Å². The summed E-state index contributed by atoms with van der Waals surface area (Å²) < 4.78 is 24.5. The number of hydrogen-bond donors (Lipinski definition) is 2. The van der Waals surface area contributed by atoms with Crippen LogP contribution in [0.2, 0.25) is 0 Å². The SMILES string of the molecule is CCOc1cc(C2/C(=C(/O)c3ccc(OC)cc3)C(=O)C(=O)N2c2nnc(SCc3ccc(F)cc3)s2)ccc1O. The number of nitrogens with zero attached hydrogens (tertiary/aromatic N) is 3. The van der Waals surface area contributed by atoms with E-state index in [2.05, 4.69) is 10.2 Å². The highest BCUT2D eigenvalue weighted by Gasteiger charge is 2.48. The van der Waals surface area contributed by atoms with Crippen LogP contribution in [0.25, 0.3) is 5.76 Å². The molecule has 1 fully saturated rings. The second kappa shape index (κ2) is 12.0. The van der Waals surface area contributed by atoms with Gasteiger partial charge >= 0.3 is 5.91 Å². The Morgan fingerprint density at radius 2 is 1.80 bits per heavy atom. The summed E-state index contributed by atoms with van der Waals surface area (Å²) in [5.41, 5.74) is 1.45. The molecule has 0 bridgehead atoms. The maximum absolute atomic E-state index is 13.5. The summed E-state index contributed by atoms with van der Waals surface area (Å²) in [6.07, 6.45) is 0. The number of anilines is 1. The molecular weight excluding hydrogens is 569 g/mol. The fourth-order valence-electron chi connectivity index (χ4n) is 4.31. The molecule has 210 valence electrons. The van der Waals surface area contributed by atoms with E-state index in [1.54, 1.807) is 49.4 Å². The third kappa shape index (κ3) is 5.74. The van der Waals surface area contributed by atoms with Gasteiger partial charge in [0.2, 0.25) is 5.13 Å². The molecule has 1 amide bonds. The number of ketones is 1. The number of thioether (sulfide) groups is 1. The minimum Gasteiger partial charge on any atom is -0.507 e. The summed E-state index contributed by atoms with van der Waals surface area (Å²) in [6.45, 7) is 2.03. The molecule has 4 aromatic rings. The summed E-state index contributed by atoms with van der Waals surface area (Å²) in [4.78, 5) is 28.1. The number of aromatic hydroxyl groups is 1. The molecule has 0 spiro atoms. The first-order valence-corrected chi connectivity index (χ1v) is 14.2. The number of aromatic nitrogens is 2. The molecular formula is C29H24FN3O6S2. The van der Waals surface area contributed by atoms with Gasteiger partial charge in [0.15, 0.2) is 15.8 Å². The number of carbonyl (C=O) groups is 2. The molecule has 9 nitrogen and oxygen atoms in total. The van der Waals surface area contributed by atoms with Crippen molar-refractivity contribution in [2.24, 2.45) is 0 Å². The molecule has 0 saturated carbocycles. The zero-order chi connectivity index (χ0) is 29.1. The van der Waals surface area contributed by atoms with Crippen molar-refractivity contribution in [1.29, 1.82) is 0 Å². The van der Waals surface area contributed by atoms with E-state index in [4.69, 9.17) is 9.47 Å². The molecule has 1 unspecified atom stereocenters. The van der Waals surface area contributed by atoms with E-state index in [0.29, 0.717) is 27.0 Å². The normalized spacial score (nSPS) is 16.3. The fourth-order valence-corrected chi connectivity index (χ4v) is 6.13. The molecule has 2 N–H and O–H groups in total. The summed E-state index contributed by atoms with van der Waals surface area (Å²) in [5.74, 6) is -1.40. The molecule has 0 radical (unpaired) electrons. The summed E-state index contributed by atoms with van der Waals surface area (Å²) in [5, 5.41) is 30.1. The number of phenolic OH excluding ortho intramolecular Hbond substituents is 1. The fraction of sp³-hybridized carbons (Fsp3) is 0.172. The number of aliphatic hydroxyl groups is 1. The Morgan fingerprint density at radius 1 is 1.07 bits per heavy atom. The second-order valence-corrected chi connectivity index (χ2v) is 11.0. The van der Waals surface area contributed by atoms with Crippen LogP contribution in [0, 0.1) is 5.82 Å². The molecule has 1 atom stereocenters. The van der Waals surface area contributed by atoms with Crippen LogP contribution in [0.5, 0.6) is 17.2 Å². The number of ether oxygens (including phenoxy) is 2. The number of aliphatic hydroxyl groups excluding tert-OH is 1. The largest absolute Gasteiger partial charge is 0.507 e. The summed E-state index contributed by atoms with van der Waals surface area (Å²) in [7, 11) is 1.51. The molecule has 2 heterocycles. The van der Waals surface area contributed by atoms with Gasteiger partial charge in [-0.2, -0.15) is 0 Å². The second-order valence-electron chi connectivity index (χ2n) is 8.82. The van der Waals surface area contributed by atoms with Crippen molar-refractivity contribution in [2.45, 2.75) is 23.1 Å². The molecule has 3 aromatic carbocycles. The van der Waals surface area contributed by atoms with Gasteiger partial charge in [-0.15, -0.1) is 10.2 Å². The number of amides is 1. The third-order valence-corrected chi connectivity index (χ3v) is 8.41. The van der Waals surface area contributed by atoms with Crippen molar-refractivity contribution >= 4 is 45.7 Å². The van der Waals surface area contributed by atoms with Crippen molar-refractivity contribution in [2.75, 3.05) is 18.6 Å². The zero-order valence-corrected chi connectivity index (χ0v) is 23.5. The Labute approximate surface area is 242 Å². The van der Waals surface area contributed by atoms with Crippen molar-refractivity contribution in [3.05, 3.63) is 94.8 Å². The van der Waals surface area contributed by atoms with E-state index in [-0.39, 0.29) is 40.4 Å². The Bertz CT molecular complexity index is 1620. The van der Waals surface area contributed by atoms with Crippen LogP contribution in [0.4, 0.5) is 9.52 Å². The first-order valence-electron chi connectivity index (χ1n) is 12.4. The number of benzene rings is 3. The van der Waals surface area contributed by atoms with Gasteiger partial charge < -0.3 is 19.7 Å². The lowest BCUT2D eigenvalue weighted by Gasteiger charge is -2.23. The van der Waals surface area contributed by atoms with Gasteiger partial charge in [-0.05, 0) is 66.6 Å². The minimum atomic E-state index is -1.08. The van der Waals surface area contributed by atoms with Crippen LogP contribution in [0.1, 0.15) is 29.7 Å². The zero-order valence-electron chi connectivity index (χ0n) is 21.9. The lowest BCUT2D eigenvalue weighted by Crippen LogP contribution is -2.29. The number of phenols is 1. The number of methoxy groups -OCH3 is 1. The predicted octanol–water partition coefficient (Wildman–Crippen LogP) is 5.71. The van der Waals surface area contributed by atoms with Crippen LogP contribution < -0.4 is 14.4 Å². The summed E-state index contributed by atoms with van der Waals surface area (Å²) in [6, 6.07) is 15.9. The lowest BCUT2D eigenvalue weighted by atomic mass is 9.95. The maximum Gasteiger partial charge on any atom is 0.301 e. The van der Waals surface area contributed by atoms with E-state index in [1.807, 2.05) is 0 Å². The van der Waals surface area contributed by atoms with E-state index in [1.165, 1.54) is 48.0 Å². The molecule has 12 heteroatoms. The van der Waals surface area contributed by atoms with Gasteiger partial charge in [-0.25, -0.2) is 4.39 Å². The average molecular weight is 594 g/mol. The average Bonchev–Trinajstić information content (AvgIpc) is 3.55. The number of halogens is 1. The van der Waals surface area contributed by atoms with Gasteiger partial charge in [0.05, 0.1) is 25.3 Å². The van der Waals surface area contributed by atoms with Gasteiger partial charge in [0.1, 0.15) is 17.3 Å².